The first-order valence-corrected chi connectivity index (χ1v) is 8.02. The van der Waals surface area contributed by atoms with Crippen molar-refractivity contribution >= 4 is 15.9 Å². The van der Waals surface area contributed by atoms with Gasteiger partial charge in [0.05, 0.1) is 12.6 Å². The van der Waals surface area contributed by atoms with Crippen LogP contribution in [0.2, 0.25) is 0 Å². The van der Waals surface area contributed by atoms with Crippen molar-refractivity contribution in [1.29, 1.82) is 0 Å². The van der Waals surface area contributed by atoms with Crippen LogP contribution in [0, 0.1) is 13.8 Å². The first-order valence-electron chi connectivity index (χ1n) is 7.23. The molecule has 0 aromatic heterocycles. The molecule has 2 nitrogen and oxygen atoms in total. The highest BCUT2D eigenvalue weighted by atomic mass is 79.9. The standard InChI is InChI=1S/C18H22BrNO/c1-5-21-17-9-8-14(19)11-16(17)18(20-4)15-10-12(2)6-7-13(15)3/h6-11,18,20H,5H2,1-4H3. The van der Waals surface area contributed by atoms with Gasteiger partial charge in [-0.25, -0.2) is 0 Å². The lowest BCUT2D eigenvalue weighted by molar-refractivity contribution is 0.334. The van der Waals surface area contributed by atoms with Crippen LogP contribution in [0.15, 0.2) is 40.9 Å². The van der Waals surface area contributed by atoms with Crippen LogP contribution >= 0.6 is 15.9 Å². The maximum Gasteiger partial charge on any atom is 0.124 e. The van der Waals surface area contributed by atoms with E-state index in [1.807, 2.05) is 26.1 Å². The molecule has 0 heterocycles. The second-order valence-corrected chi connectivity index (χ2v) is 6.11. The fourth-order valence-electron chi connectivity index (χ4n) is 2.58. The van der Waals surface area contributed by atoms with Crippen LogP contribution in [0.1, 0.15) is 35.2 Å². The van der Waals surface area contributed by atoms with Gasteiger partial charge in [0.25, 0.3) is 0 Å². The highest BCUT2D eigenvalue weighted by molar-refractivity contribution is 9.10. The molecule has 112 valence electrons. The summed E-state index contributed by atoms with van der Waals surface area (Å²) in [5, 5.41) is 3.43. The number of hydrogen-bond acceptors (Lipinski definition) is 2. The van der Waals surface area contributed by atoms with E-state index in [-0.39, 0.29) is 6.04 Å². The Bertz CT molecular complexity index is 625. The second-order valence-electron chi connectivity index (χ2n) is 5.20. The van der Waals surface area contributed by atoms with Crippen molar-refractivity contribution in [3.05, 3.63) is 63.1 Å². The minimum Gasteiger partial charge on any atom is -0.494 e. The summed E-state index contributed by atoms with van der Waals surface area (Å²) in [5.41, 5.74) is 4.99. The summed E-state index contributed by atoms with van der Waals surface area (Å²) in [6.45, 7) is 6.95. The van der Waals surface area contributed by atoms with Gasteiger partial charge in [0, 0.05) is 10.0 Å². The normalized spacial score (nSPS) is 12.2. The van der Waals surface area contributed by atoms with Crippen LogP contribution < -0.4 is 10.1 Å². The minimum absolute atomic E-state index is 0.115. The van der Waals surface area contributed by atoms with Gasteiger partial charge in [-0.3, -0.25) is 0 Å². The third-order valence-electron chi connectivity index (χ3n) is 3.62. The van der Waals surface area contributed by atoms with Gasteiger partial charge < -0.3 is 10.1 Å². The van der Waals surface area contributed by atoms with Gasteiger partial charge in [-0.15, -0.1) is 0 Å². The van der Waals surface area contributed by atoms with E-state index >= 15 is 0 Å². The molecule has 0 fully saturated rings. The number of ether oxygens (including phenoxy) is 1. The van der Waals surface area contributed by atoms with E-state index in [1.165, 1.54) is 16.7 Å². The summed E-state index contributed by atoms with van der Waals surface area (Å²) >= 11 is 3.57. The summed E-state index contributed by atoms with van der Waals surface area (Å²) in [4.78, 5) is 0. The van der Waals surface area contributed by atoms with E-state index < -0.39 is 0 Å². The average Bonchev–Trinajstić information content (AvgIpc) is 2.46. The molecule has 21 heavy (non-hydrogen) atoms. The van der Waals surface area contributed by atoms with Crippen molar-refractivity contribution < 1.29 is 4.74 Å². The van der Waals surface area contributed by atoms with Crippen molar-refractivity contribution in [2.45, 2.75) is 26.8 Å². The largest absolute Gasteiger partial charge is 0.494 e. The van der Waals surface area contributed by atoms with Crippen LogP contribution in [-0.2, 0) is 0 Å². The third kappa shape index (κ3) is 3.66. The molecule has 0 bridgehead atoms. The molecule has 3 heteroatoms. The Kier molecular flexibility index (Phi) is 5.43. The van der Waals surface area contributed by atoms with Crippen LogP contribution in [0.5, 0.6) is 5.75 Å². The summed E-state index contributed by atoms with van der Waals surface area (Å²) in [6, 6.07) is 12.9. The number of nitrogens with one attached hydrogen (secondary N) is 1. The van der Waals surface area contributed by atoms with Gasteiger partial charge in [-0.2, -0.15) is 0 Å². The summed E-state index contributed by atoms with van der Waals surface area (Å²) in [7, 11) is 1.99. The Morgan fingerprint density at radius 3 is 2.52 bits per heavy atom. The van der Waals surface area contributed by atoms with E-state index in [1.54, 1.807) is 0 Å². The third-order valence-corrected chi connectivity index (χ3v) is 4.11. The fraction of sp³-hybridized carbons (Fsp3) is 0.333. The smallest absolute Gasteiger partial charge is 0.124 e. The zero-order valence-electron chi connectivity index (χ0n) is 13.0. The molecule has 0 saturated heterocycles. The van der Waals surface area contributed by atoms with E-state index in [4.69, 9.17) is 4.74 Å². The fourth-order valence-corrected chi connectivity index (χ4v) is 2.96. The number of halogens is 1. The van der Waals surface area contributed by atoms with E-state index in [9.17, 15) is 0 Å². The van der Waals surface area contributed by atoms with E-state index in [0.29, 0.717) is 6.61 Å². The number of aryl methyl sites for hydroxylation is 2. The number of benzene rings is 2. The van der Waals surface area contributed by atoms with Crippen LogP contribution in [-0.4, -0.2) is 13.7 Å². The number of rotatable bonds is 5. The van der Waals surface area contributed by atoms with Gasteiger partial charge in [0.1, 0.15) is 5.75 Å². The van der Waals surface area contributed by atoms with Crippen molar-refractivity contribution in [2.24, 2.45) is 0 Å². The first-order chi connectivity index (χ1) is 10.1. The average molecular weight is 348 g/mol. The Hall–Kier alpha value is -1.32. The first kappa shape index (κ1) is 16.1. The molecular weight excluding hydrogens is 326 g/mol. The molecule has 1 atom stereocenters. The zero-order valence-corrected chi connectivity index (χ0v) is 14.6. The molecule has 0 aliphatic heterocycles. The van der Waals surface area contributed by atoms with Gasteiger partial charge in [0.15, 0.2) is 0 Å². The highest BCUT2D eigenvalue weighted by Gasteiger charge is 2.19. The van der Waals surface area contributed by atoms with Crippen LogP contribution in [0.4, 0.5) is 0 Å². The minimum atomic E-state index is 0.115. The molecule has 0 amide bonds. The Morgan fingerprint density at radius 2 is 1.86 bits per heavy atom. The maximum absolute atomic E-state index is 5.81. The molecule has 2 aromatic rings. The summed E-state index contributed by atoms with van der Waals surface area (Å²) < 4.78 is 6.87. The SMILES string of the molecule is CCOc1ccc(Br)cc1C(NC)c1cc(C)ccc1C. The lowest BCUT2D eigenvalue weighted by atomic mass is 9.93. The molecule has 0 aliphatic carbocycles. The molecule has 1 N–H and O–H groups in total. The van der Waals surface area contributed by atoms with Crippen molar-refractivity contribution in [2.75, 3.05) is 13.7 Å². The monoisotopic (exact) mass is 347 g/mol. The molecule has 1 unspecified atom stereocenters. The summed E-state index contributed by atoms with van der Waals surface area (Å²) in [5.74, 6) is 0.931. The van der Waals surface area contributed by atoms with Crippen LogP contribution in [0.25, 0.3) is 0 Å². The Labute approximate surface area is 135 Å². The summed E-state index contributed by atoms with van der Waals surface area (Å²) in [6.07, 6.45) is 0. The molecule has 0 spiro atoms. The second kappa shape index (κ2) is 7.10. The Balaban J connectivity index is 2.55. The molecule has 0 radical (unpaired) electrons. The molecular formula is C18H22BrNO. The van der Waals surface area contributed by atoms with Gasteiger partial charge in [-0.05, 0) is 57.1 Å². The molecule has 0 saturated carbocycles. The molecule has 2 rings (SSSR count). The van der Waals surface area contributed by atoms with Gasteiger partial charge in [-0.1, -0.05) is 39.7 Å². The van der Waals surface area contributed by atoms with E-state index in [2.05, 4.69) is 59.4 Å². The van der Waals surface area contributed by atoms with E-state index in [0.717, 1.165) is 15.8 Å². The predicted octanol–water partition coefficient (Wildman–Crippen LogP) is 4.77. The zero-order chi connectivity index (χ0) is 15.4. The predicted molar refractivity (Wildman–Crippen MR) is 92.1 cm³/mol. The van der Waals surface area contributed by atoms with Gasteiger partial charge in [0.2, 0.25) is 0 Å². The quantitative estimate of drug-likeness (QED) is 0.840. The number of hydrogen-bond donors (Lipinski definition) is 1. The van der Waals surface area contributed by atoms with Crippen molar-refractivity contribution in [3.8, 4) is 5.75 Å². The Morgan fingerprint density at radius 1 is 1.10 bits per heavy atom. The lowest BCUT2D eigenvalue weighted by Gasteiger charge is -2.23. The maximum atomic E-state index is 5.81. The van der Waals surface area contributed by atoms with Crippen molar-refractivity contribution in [3.63, 3.8) is 0 Å². The van der Waals surface area contributed by atoms with Crippen molar-refractivity contribution in [1.82, 2.24) is 5.32 Å². The molecule has 0 aliphatic rings. The van der Waals surface area contributed by atoms with Gasteiger partial charge >= 0.3 is 0 Å². The lowest BCUT2D eigenvalue weighted by Crippen LogP contribution is -2.20. The van der Waals surface area contributed by atoms with Crippen LogP contribution in [0.3, 0.4) is 0 Å². The topological polar surface area (TPSA) is 21.3 Å². The highest BCUT2D eigenvalue weighted by Crippen LogP contribution is 2.34. The molecule has 2 aromatic carbocycles.